The van der Waals surface area contributed by atoms with E-state index in [1.54, 1.807) is 7.11 Å². The average Bonchev–Trinajstić information content (AvgIpc) is 2.44. The van der Waals surface area contributed by atoms with Crippen molar-refractivity contribution in [1.82, 2.24) is 5.32 Å². The van der Waals surface area contributed by atoms with Crippen molar-refractivity contribution < 1.29 is 19.4 Å². The minimum absolute atomic E-state index is 0.0362. The highest BCUT2D eigenvalue weighted by Gasteiger charge is 2.55. The molecule has 1 amide bonds. The molecule has 3 atom stereocenters. The third-order valence-electron chi connectivity index (χ3n) is 4.47. The number of rotatable bonds is 4. The lowest BCUT2D eigenvalue weighted by atomic mass is 9.58. The van der Waals surface area contributed by atoms with Crippen molar-refractivity contribution in [3.63, 3.8) is 0 Å². The van der Waals surface area contributed by atoms with E-state index in [1.807, 2.05) is 0 Å². The second-order valence-corrected chi connectivity index (χ2v) is 6.17. The van der Waals surface area contributed by atoms with Gasteiger partial charge in [0.1, 0.15) is 0 Å². The molecular formula is C16H21NO4. The Hall–Kier alpha value is -1.88. The topological polar surface area (TPSA) is 75.6 Å². The van der Waals surface area contributed by atoms with Crippen LogP contribution in [0.3, 0.4) is 0 Å². The van der Waals surface area contributed by atoms with Crippen molar-refractivity contribution in [2.24, 2.45) is 11.3 Å². The van der Waals surface area contributed by atoms with Crippen LogP contribution >= 0.6 is 0 Å². The van der Waals surface area contributed by atoms with E-state index in [1.165, 1.54) is 24.3 Å². The van der Waals surface area contributed by atoms with Crippen molar-refractivity contribution in [1.29, 1.82) is 0 Å². The molecule has 0 bridgehead atoms. The maximum atomic E-state index is 12.3. The molecule has 0 spiro atoms. The molecule has 1 aromatic carbocycles. The van der Waals surface area contributed by atoms with E-state index in [9.17, 15) is 9.59 Å². The summed E-state index contributed by atoms with van der Waals surface area (Å²) in [6.45, 7) is 6.19. The molecule has 1 aliphatic carbocycles. The second kappa shape index (κ2) is 5.48. The summed E-state index contributed by atoms with van der Waals surface area (Å²) in [6.07, 6.45) is 0.122. The number of ether oxygens (including phenoxy) is 1. The summed E-state index contributed by atoms with van der Waals surface area (Å²) in [5, 5.41) is 11.9. The van der Waals surface area contributed by atoms with Crippen molar-refractivity contribution in [2.45, 2.75) is 32.9 Å². The Morgan fingerprint density at radius 1 is 1.19 bits per heavy atom. The minimum atomic E-state index is -1.00. The van der Waals surface area contributed by atoms with Gasteiger partial charge in [-0.15, -0.1) is 0 Å². The minimum Gasteiger partial charge on any atom is -0.478 e. The molecule has 0 aromatic heterocycles. The Morgan fingerprint density at radius 2 is 1.71 bits per heavy atom. The van der Waals surface area contributed by atoms with Gasteiger partial charge in [-0.2, -0.15) is 0 Å². The Bertz CT molecular complexity index is 550. The Kier molecular flexibility index (Phi) is 4.05. The third kappa shape index (κ3) is 2.65. The Balaban J connectivity index is 2.07. The monoisotopic (exact) mass is 291 g/mol. The molecule has 0 saturated heterocycles. The number of hydrogen-bond acceptors (Lipinski definition) is 3. The van der Waals surface area contributed by atoms with Crippen molar-refractivity contribution >= 4 is 11.9 Å². The highest BCUT2D eigenvalue weighted by Crippen LogP contribution is 2.46. The van der Waals surface area contributed by atoms with Gasteiger partial charge in [-0.3, -0.25) is 4.79 Å². The molecule has 1 fully saturated rings. The number of carbonyl (C=O) groups excluding carboxylic acids is 1. The van der Waals surface area contributed by atoms with Gasteiger partial charge >= 0.3 is 5.97 Å². The van der Waals surface area contributed by atoms with Crippen LogP contribution in [0.15, 0.2) is 24.3 Å². The second-order valence-electron chi connectivity index (χ2n) is 6.17. The van der Waals surface area contributed by atoms with E-state index in [-0.39, 0.29) is 34.9 Å². The number of nitrogens with one attached hydrogen (secondary N) is 1. The van der Waals surface area contributed by atoms with Crippen LogP contribution in [-0.2, 0) is 4.74 Å². The van der Waals surface area contributed by atoms with Crippen LogP contribution < -0.4 is 5.32 Å². The highest BCUT2D eigenvalue weighted by atomic mass is 16.5. The van der Waals surface area contributed by atoms with Crippen LogP contribution in [-0.4, -0.2) is 36.2 Å². The molecular weight excluding hydrogens is 270 g/mol. The quantitative estimate of drug-likeness (QED) is 0.891. The predicted octanol–water partition coefficient (Wildman–Crippen LogP) is 2.17. The zero-order valence-electron chi connectivity index (χ0n) is 12.7. The molecule has 0 radical (unpaired) electrons. The van der Waals surface area contributed by atoms with Crippen LogP contribution in [0.2, 0.25) is 0 Å². The van der Waals surface area contributed by atoms with Gasteiger partial charge in [0.15, 0.2) is 0 Å². The van der Waals surface area contributed by atoms with Crippen LogP contribution in [0.1, 0.15) is 41.5 Å². The van der Waals surface area contributed by atoms with Crippen LogP contribution in [0.4, 0.5) is 0 Å². The number of methoxy groups -OCH3 is 1. The SMILES string of the molecule is COC1C(C)C(NC(=O)c2ccc(C(=O)O)cc2)C1(C)C. The van der Waals surface area contributed by atoms with Gasteiger partial charge in [-0.25, -0.2) is 4.79 Å². The van der Waals surface area contributed by atoms with E-state index in [4.69, 9.17) is 9.84 Å². The summed E-state index contributed by atoms with van der Waals surface area (Å²) < 4.78 is 5.46. The van der Waals surface area contributed by atoms with Gasteiger partial charge in [0.05, 0.1) is 11.7 Å². The van der Waals surface area contributed by atoms with Crippen LogP contribution in [0.25, 0.3) is 0 Å². The van der Waals surface area contributed by atoms with E-state index in [0.717, 1.165) is 0 Å². The summed E-state index contributed by atoms with van der Waals surface area (Å²) in [6, 6.07) is 5.97. The zero-order valence-corrected chi connectivity index (χ0v) is 12.7. The first kappa shape index (κ1) is 15.5. The fourth-order valence-corrected chi connectivity index (χ4v) is 3.41. The van der Waals surface area contributed by atoms with Crippen molar-refractivity contribution in [2.75, 3.05) is 7.11 Å². The van der Waals surface area contributed by atoms with Gasteiger partial charge in [0.2, 0.25) is 0 Å². The Labute approximate surface area is 124 Å². The van der Waals surface area contributed by atoms with E-state index in [0.29, 0.717) is 5.56 Å². The summed E-state index contributed by atoms with van der Waals surface area (Å²) in [4.78, 5) is 23.1. The number of carboxylic acid groups (broad SMARTS) is 1. The first-order valence-electron chi connectivity index (χ1n) is 6.96. The number of carbonyl (C=O) groups is 2. The molecule has 2 N–H and O–H groups in total. The van der Waals surface area contributed by atoms with Gasteiger partial charge in [0, 0.05) is 30.0 Å². The normalized spacial score (nSPS) is 26.8. The van der Waals surface area contributed by atoms with E-state index < -0.39 is 5.97 Å². The first-order valence-corrected chi connectivity index (χ1v) is 6.96. The first-order chi connectivity index (χ1) is 9.78. The summed E-state index contributed by atoms with van der Waals surface area (Å²) in [5.74, 6) is -0.947. The summed E-state index contributed by atoms with van der Waals surface area (Å²) >= 11 is 0. The lowest BCUT2D eigenvalue weighted by Gasteiger charge is -2.56. The number of benzene rings is 1. The van der Waals surface area contributed by atoms with Gasteiger partial charge in [-0.1, -0.05) is 20.8 Å². The number of amides is 1. The molecule has 5 nitrogen and oxygen atoms in total. The maximum Gasteiger partial charge on any atom is 0.335 e. The van der Waals surface area contributed by atoms with Crippen LogP contribution in [0, 0.1) is 11.3 Å². The maximum absolute atomic E-state index is 12.3. The molecule has 0 heterocycles. The van der Waals surface area contributed by atoms with Crippen molar-refractivity contribution in [3.8, 4) is 0 Å². The standard InChI is InChI=1S/C16H21NO4/c1-9-12(16(2,3)13(9)21-4)17-14(18)10-5-7-11(8-6-10)15(19)20/h5-9,12-13H,1-4H3,(H,17,18)(H,19,20). The molecule has 1 aromatic rings. The summed E-state index contributed by atoms with van der Waals surface area (Å²) in [7, 11) is 1.69. The summed E-state index contributed by atoms with van der Waals surface area (Å²) in [5.41, 5.74) is 0.511. The molecule has 1 saturated carbocycles. The fraction of sp³-hybridized carbons (Fsp3) is 0.500. The molecule has 2 rings (SSSR count). The molecule has 21 heavy (non-hydrogen) atoms. The number of hydrogen-bond donors (Lipinski definition) is 2. The average molecular weight is 291 g/mol. The number of carboxylic acids is 1. The fourth-order valence-electron chi connectivity index (χ4n) is 3.41. The largest absolute Gasteiger partial charge is 0.478 e. The Morgan fingerprint density at radius 3 is 2.14 bits per heavy atom. The van der Waals surface area contributed by atoms with Gasteiger partial charge in [0.25, 0.3) is 5.91 Å². The van der Waals surface area contributed by atoms with Gasteiger partial charge in [-0.05, 0) is 24.3 Å². The predicted molar refractivity (Wildman–Crippen MR) is 78.4 cm³/mol. The van der Waals surface area contributed by atoms with Gasteiger partial charge < -0.3 is 15.2 Å². The van der Waals surface area contributed by atoms with E-state index in [2.05, 4.69) is 26.1 Å². The molecule has 0 aliphatic heterocycles. The molecule has 5 heteroatoms. The third-order valence-corrected chi connectivity index (χ3v) is 4.47. The molecule has 1 aliphatic rings. The lowest BCUT2D eigenvalue weighted by Crippen LogP contribution is -2.67. The van der Waals surface area contributed by atoms with E-state index >= 15 is 0 Å². The lowest BCUT2D eigenvalue weighted by molar-refractivity contribution is -0.141. The highest BCUT2D eigenvalue weighted by molar-refractivity contribution is 5.96. The number of aromatic carboxylic acids is 1. The molecule has 114 valence electrons. The van der Waals surface area contributed by atoms with Crippen molar-refractivity contribution in [3.05, 3.63) is 35.4 Å². The molecule has 3 unspecified atom stereocenters. The van der Waals surface area contributed by atoms with Crippen LogP contribution in [0.5, 0.6) is 0 Å². The smallest absolute Gasteiger partial charge is 0.335 e. The zero-order chi connectivity index (χ0) is 15.8.